The van der Waals surface area contributed by atoms with Gasteiger partial charge in [0.2, 0.25) is 0 Å². The zero-order valence-electron chi connectivity index (χ0n) is 11.0. The molecule has 88 valence electrons. The van der Waals surface area contributed by atoms with Crippen LogP contribution < -0.4 is 4.74 Å². The Bertz CT molecular complexity index is 411. The fraction of sp³-hybridized carbons (Fsp3) is 0.500. The number of Topliss-reactive ketones (excluding diaryl/α,β-unsaturated/α-hetero) is 1. The van der Waals surface area contributed by atoms with Crippen LogP contribution in [0.1, 0.15) is 49.2 Å². The summed E-state index contributed by atoms with van der Waals surface area (Å²) < 4.78 is 5.43. The van der Waals surface area contributed by atoms with E-state index < -0.39 is 0 Å². The first-order chi connectivity index (χ1) is 7.27. The van der Waals surface area contributed by atoms with Crippen molar-refractivity contribution in [1.29, 1.82) is 0 Å². The molecule has 0 bridgehead atoms. The largest absolute Gasteiger partial charge is 0.496 e. The maximum absolute atomic E-state index is 11.4. The Balaban J connectivity index is 3.49. The van der Waals surface area contributed by atoms with Gasteiger partial charge in [-0.15, -0.1) is 0 Å². The minimum Gasteiger partial charge on any atom is -0.496 e. The molecule has 0 saturated carbocycles. The standard InChI is InChI=1S/C14H20O2/c1-9-7-11(10(2)15)8-12(13(9)16-6)14(3,4)5/h7-8H,1-6H3. The summed E-state index contributed by atoms with van der Waals surface area (Å²) in [6.45, 7) is 9.92. The van der Waals surface area contributed by atoms with E-state index in [4.69, 9.17) is 4.74 Å². The van der Waals surface area contributed by atoms with Crippen molar-refractivity contribution in [1.82, 2.24) is 0 Å². The fourth-order valence-corrected chi connectivity index (χ4v) is 1.81. The van der Waals surface area contributed by atoms with Gasteiger partial charge in [0.05, 0.1) is 7.11 Å². The van der Waals surface area contributed by atoms with Crippen molar-refractivity contribution < 1.29 is 9.53 Å². The van der Waals surface area contributed by atoms with Crippen LogP contribution in [0.2, 0.25) is 0 Å². The molecular formula is C14H20O2. The molecule has 0 N–H and O–H groups in total. The predicted octanol–water partition coefficient (Wildman–Crippen LogP) is 3.50. The molecule has 1 aromatic rings. The van der Waals surface area contributed by atoms with E-state index in [1.807, 2.05) is 19.1 Å². The first-order valence-corrected chi connectivity index (χ1v) is 5.47. The van der Waals surface area contributed by atoms with Crippen LogP contribution in [-0.4, -0.2) is 12.9 Å². The summed E-state index contributed by atoms with van der Waals surface area (Å²) in [5.74, 6) is 0.980. The van der Waals surface area contributed by atoms with Gasteiger partial charge < -0.3 is 4.74 Å². The molecule has 2 heteroatoms. The molecule has 0 amide bonds. The Morgan fingerprint density at radius 1 is 1.25 bits per heavy atom. The molecular weight excluding hydrogens is 200 g/mol. The quantitative estimate of drug-likeness (QED) is 0.713. The Kier molecular flexibility index (Phi) is 3.41. The first kappa shape index (κ1) is 12.8. The van der Waals surface area contributed by atoms with Crippen LogP contribution in [0, 0.1) is 6.92 Å². The van der Waals surface area contributed by atoms with Crippen molar-refractivity contribution >= 4 is 5.78 Å². The summed E-state index contributed by atoms with van der Waals surface area (Å²) in [5.41, 5.74) is 2.82. The smallest absolute Gasteiger partial charge is 0.159 e. The highest BCUT2D eigenvalue weighted by molar-refractivity contribution is 5.94. The molecule has 0 aliphatic heterocycles. The number of methoxy groups -OCH3 is 1. The van der Waals surface area contributed by atoms with Gasteiger partial charge >= 0.3 is 0 Å². The molecule has 0 radical (unpaired) electrons. The van der Waals surface area contributed by atoms with Gasteiger partial charge in [-0.2, -0.15) is 0 Å². The molecule has 16 heavy (non-hydrogen) atoms. The summed E-state index contributed by atoms with van der Waals surface area (Å²) in [7, 11) is 1.67. The van der Waals surface area contributed by atoms with Gasteiger partial charge in [-0.1, -0.05) is 20.8 Å². The molecule has 0 saturated heterocycles. The summed E-state index contributed by atoms with van der Waals surface area (Å²) in [4.78, 5) is 11.4. The second-order valence-electron chi connectivity index (χ2n) is 5.18. The van der Waals surface area contributed by atoms with E-state index >= 15 is 0 Å². The van der Waals surface area contributed by atoms with E-state index in [1.54, 1.807) is 14.0 Å². The molecule has 0 spiro atoms. The van der Waals surface area contributed by atoms with Gasteiger partial charge in [-0.25, -0.2) is 0 Å². The van der Waals surface area contributed by atoms with Gasteiger partial charge in [0.25, 0.3) is 0 Å². The Hall–Kier alpha value is -1.31. The predicted molar refractivity (Wildman–Crippen MR) is 66.4 cm³/mol. The van der Waals surface area contributed by atoms with Crippen LogP contribution in [0.15, 0.2) is 12.1 Å². The normalized spacial score (nSPS) is 11.4. The lowest BCUT2D eigenvalue weighted by Crippen LogP contribution is -2.14. The Morgan fingerprint density at radius 3 is 2.19 bits per heavy atom. The van der Waals surface area contributed by atoms with E-state index in [1.165, 1.54) is 0 Å². The maximum atomic E-state index is 11.4. The average molecular weight is 220 g/mol. The third-order valence-corrected chi connectivity index (χ3v) is 2.69. The molecule has 0 atom stereocenters. The van der Waals surface area contributed by atoms with Gasteiger partial charge in [-0.3, -0.25) is 4.79 Å². The Labute approximate surface area is 97.6 Å². The molecule has 0 unspecified atom stereocenters. The maximum Gasteiger partial charge on any atom is 0.159 e. The molecule has 1 aromatic carbocycles. The highest BCUT2D eigenvalue weighted by atomic mass is 16.5. The molecule has 0 heterocycles. The number of rotatable bonds is 2. The third-order valence-electron chi connectivity index (χ3n) is 2.69. The summed E-state index contributed by atoms with van der Waals surface area (Å²) >= 11 is 0. The molecule has 0 aromatic heterocycles. The molecule has 2 nitrogen and oxygen atoms in total. The minimum atomic E-state index is -0.0262. The van der Waals surface area contributed by atoms with E-state index in [0.717, 1.165) is 22.4 Å². The number of hydrogen-bond acceptors (Lipinski definition) is 2. The number of ether oxygens (including phenoxy) is 1. The van der Waals surface area contributed by atoms with Crippen LogP contribution in [0.3, 0.4) is 0 Å². The second kappa shape index (κ2) is 4.28. The molecule has 0 fully saturated rings. The lowest BCUT2D eigenvalue weighted by Gasteiger charge is -2.24. The van der Waals surface area contributed by atoms with Gasteiger partial charge in [0.15, 0.2) is 5.78 Å². The summed E-state index contributed by atoms with van der Waals surface area (Å²) in [6.07, 6.45) is 0. The van der Waals surface area contributed by atoms with Crippen molar-refractivity contribution in [2.75, 3.05) is 7.11 Å². The van der Waals surface area contributed by atoms with Crippen LogP contribution in [0.25, 0.3) is 0 Å². The zero-order chi connectivity index (χ0) is 12.5. The summed E-state index contributed by atoms with van der Waals surface area (Å²) in [5, 5.41) is 0. The van der Waals surface area contributed by atoms with Crippen molar-refractivity contribution in [3.63, 3.8) is 0 Å². The summed E-state index contributed by atoms with van der Waals surface area (Å²) in [6, 6.07) is 3.82. The lowest BCUT2D eigenvalue weighted by atomic mass is 9.83. The number of carbonyl (C=O) groups excluding carboxylic acids is 1. The number of aryl methyl sites for hydroxylation is 1. The second-order valence-corrected chi connectivity index (χ2v) is 5.18. The first-order valence-electron chi connectivity index (χ1n) is 5.47. The van der Waals surface area contributed by atoms with Crippen molar-refractivity contribution in [2.45, 2.75) is 40.0 Å². The van der Waals surface area contributed by atoms with Crippen molar-refractivity contribution in [2.24, 2.45) is 0 Å². The number of carbonyl (C=O) groups is 1. The van der Waals surface area contributed by atoms with Crippen LogP contribution >= 0.6 is 0 Å². The highest BCUT2D eigenvalue weighted by Crippen LogP contribution is 2.34. The van der Waals surface area contributed by atoms with Crippen LogP contribution in [-0.2, 0) is 5.41 Å². The van der Waals surface area contributed by atoms with Gasteiger partial charge in [0.1, 0.15) is 5.75 Å². The number of ketones is 1. The van der Waals surface area contributed by atoms with Crippen molar-refractivity contribution in [3.8, 4) is 5.75 Å². The fourth-order valence-electron chi connectivity index (χ4n) is 1.81. The number of hydrogen-bond donors (Lipinski definition) is 0. The SMILES string of the molecule is COc1c(C)cc(C(C)=O)cc1C(C)(C)C. The van der Waals surface area contributed by atoms with Crippen molar-refractivity contribution in [3.05, 3.63) is 28.8 Å². The average Bonchev–Trinajstić information content (AvgIpc) is 2.14. The van der Waals surface area contributed by atoms with Crippen LogP contribution in [0.4, 0.5) is 0 Å². The van der Waals surface area contributed by atoms with Gasteiger partial charge in [0, 0.05) is 11.1 Å². The zero-order valence-corrected chi connectivity index (χ0v) is 11.0. The molecule has 0 aliphatic carbocycles. The van der Waals surface area contributed by atoms with E-state index in [0.29, 0.717) is 0 Å². The van der Waals surface area contributed by atoms with Crippen LogP contribution in [0.5, 0.6) is 5.75 Å². The topological polar surface area (TPSA) is 26.3 Å². The van der Waals surface area contributed by atoms with Gasteiger partial charge in [-0.05, 0) is 37.0 Å². The van der Waals surface area contributed by atoms with E-state index in [9.17, 15) is 4.79 Å². The molecule has 1 rings (SSSR count). The van der Waals surface area contributed by atoms with E-state index in [2.05, 4.69) is 20.8 Å². The Morgan fingerprint density at radius 2 is 1.81 bits per heavy atom. The highest BCUT2D eigenvalue weighted by Gasteiger charge is 2.21. The molecule has 0 aliphatic rings. The van der Waals surface area contributed by atoms with E-state index in [-0.39, 0.29) is 11.2 Å². The third kappa shape index (κ3) is 2.43. The minimum absolute atomic E-state index is 0.0262. The monoisotopic (exact) mass is 220 g/mol. The lowest BCUT2D eigenvalue weighted by molar-refractivity contribution is 0.101. The number of benzene rings is 1.